The summed E-state index contributed by atoms with van der Waals surface area (Å²) in [7, 11) is -2.14. The van der Waals surface area contributed by atoms with E-state index in [0.717, 1.165) is 11.3 Å². The molecule has 122 valence electrons. The maximum atomic E-state index is 12.8. The number of methoxy groups -OCH3 is 1. The lowest BCUT2D eigenvalue weighted by Gasteiger charge is -2.27. The average Bonchev–Trinajstić information content (AvgIpc) is 2.54. The minimum Gasteiger partial charge on any atom is -0.495 e. The van der Waals surface area contributed by atoms with Crippen LogP contribution in [0.1, 0.15) is 17.1 Å². The predicted molar refractivity (Wildman–Crippen MR) is 86.1 cm³/mol. The summed E-state index contributed by atoms with van der Waals surface area (Å²) in [5.74, 6) is 1.14. The highest BCUT2D eigenvalue weighted by Gasteiger charge is 2.29. The van der Waals surface area contributed by atoms with Gasteiger partial charge in [0.2, 0.25) is 10.0 Å². The molecule has 0 unspecified atom stereocenters. The van der Waals surface area contributed by atoms with E-state index in [1.54, 1.807) is 12.3 Å². The van der Waals surface area contributed by atoms with Crippen molar-refractivity contribution < 1.29 is 13.2 Å². The minimum atomic E-state index is -3.62. The summed E-state index contributed by atoms with van der Waals surface area (Å²) in [5.41, 5.74) is 1.75. The van der Waals surface area contributed by atoms with Crippen molar-refractivity contribution in [2.75, 3.05) is 13.7 Å². The third-order valence-corrected chi connectivity index (χ3v) is 5.92. The molecule has 1 aromatic carbocycles. The molecule has 0 saturated carbocycles. The molecule has 1 aliphatic heterocycles. The third-order valence-electron chi connectivity index (χ3n) is 3.78. The summed E-state index contributed by atoms with van der Waals surface area (Å²) in [6, 6.07) is 4.47. The van der Waals surface area contributed by atoms with Crippen molar-refractivity contribution in [3.8, 4) is 5.75 Å². The second-order valence-corrected chi connectivity index (χ2v) is 7.62. The minimum absolute atomic E-state index is 0.153. The number of aryl methyl sites for hydroxylation is 1. The smallest absolute Gasteiger partial charge is 0.243 e. The molecule has 6 nitrogen and oxygen atoms in total. The molecule has 8 heteroatoms. The Kier molecular flexibility index (Phi) is 4.27. The summed E-state index contributed by atoms with van der Waals surface area (Å²) in [6.45, 7) is 2.47. The average molecular weight is 354 g/mol. The van der Waals surface area contributed by atoms with Crippen LogP contribution in [0.15, 0.2) is 29.3 Å². The number of rotatable bonds is 3. The van der Waals surface area contributed by atoms with Crippen molar-refractivity contribution in [3.05, 3.63) is 46.5 Å². The van der Waals surface area contributed by atoms with Crippen LogP contribution in [0.3, 0.4) is 0 Å². The highest BCUT2D eigenvalue weighted by molar-refractivity contribution is 7.89. The fourth-order valence-corrected chi connectivity index (χ4v) is 4.32. The molecule has 0 aliphatic carbocycles. The molecule has 0 amide bonds. The Hall–Kier alpha value is -1.70. The molecule has 1 aromatic heterocycles. The Balaban J connectivity index is 1.92. The molecule has 0 bridgehead atoms. The summed E-state index contributed by atoms with van der Waals surface area (Å²) < 4.78 is 32.1. The van der Waals surface area contributed by atoms with E-state index in [4.69, 9.17) is 16.3 Å². The molecule has 23 heavy (non-hydrogen) atoms. The number of ether oxygens (including phenoxy) is 1. The lowest BCUT2D eigenvalue weighted by Crippen LogP contribution is -2.36. The Morgan fingerprint density at radius 2 is 2.13 bits per heavy atom. The van der Waals surface area contributed by atoms with Gasteiger partial charge in [0, 0.05) is 37.0 Å². The SMILES string of the molecule is COc1ccc(S(=O)(=O)N2CCc3nc(C)ncc3C2)cc1Cl. The monoisotopic (exact) mass is 353 g/mol. The van der Waals surface area contributed by atoms with E-state index in [9.17, 15) is 8.42 Å². The predicted octanol–water partition coefficient (Wildman–Crippen LogP) is 2.19. The van der Waals surface area contributed by atoms with Crippen LogP contribution in [0.2, 0.25) is 5.02 Å². The highest BCUT2D eigenvalue weighted by Crippen LogP contribution is 2.30. The van der Waals surface area contributed by atoms with Gasteiger partial charge in [0.1, 0.15) is 11.6 Å². The number of benzene rings is 1. The van der Waals surface area contributed by atoms with E-state index >= 15 is 0 Å². The van der Waals surface area contributed by atoms with E-state index in [0.29, 0.717) is 24.5 Å². The van der Waals surface area contributed by atoms with Gasteiger partial charge in [0.25, 0.3) is 0 Å². The van der Waals surface area contributed by atoms with Crippen molar-refractivity contribution in [3.63, 3.8) is 0 Å². The Bertz CT molecular complexity index is 855. The van der Waals surface area contributed by atoms with Gasteiger partial charge in [-0.3, -0.25) is 0 Å². The van der Waals surface area contributed by atoms with Gasteiger partial charge < -0.3 is 4.74 Å². The Morgan fingerprint density at radius 3 is 2.83 bits per heavy atom. The van der Waals surface area contributed by atoms with Crippen LogP contribution >= 0.6 is 11.6 Å². The summed E-state index contributed by atoms with van der Waals surface area (Å²) >= 11 is 6.05. The van der Waals surface area contributed by atoms with Crippen LogP contribution in [0.4, 0.5) is 0 Å². The summed E-state index contributed by atoms with van der Waals surface area (Å²) in [5, 5.41) is 0.268. The molecule has 0 spiro atoms. The highest BCUT2D eigenvalue weighted by atomic mass is 35.5. The standard InChI is InChI=1S/C15H16ClN3O3S/c1-10-17-8-11-9-19(6-5-14(11)18-10)23(20,21)12-3-4-15(22-2)13(16)7-12/h3-4,7-8H,5-6,9H2,1-2H3. The number of hydrogen-bond acceptors (Lipinski definition) is 5. The van der Waals surface area contributed by atoms with Crippen molar-refractivity contribution >= 4 is 21.6 Å². The zero-order valence-electron chi connectivity index (χ0n) is 12.8. The molecule has 2 aromatic rings. The second kappa shape index (κ2) is 6.07. The van der Waals surface area contributed by atoms with Crippen molar-refractivity contribution in [1.82, 2.24) is 14.3 Å². The topological polar surface area (TPSA) is 72.4 Å². The van der Waals surface area contributed by atoms with Crippen molar-refractivity contribution in [2.24, 2.45) is 0 Å². The van der Waals surface area contributed by atoms with E-state index < -0.39 is 10.0 Å². The van der Waals surface area contributed by atoms with Crippen molar-refractivity contribution in [1.29, 1.82) is 0 Å². The van der Waals surface area contributed by atoms with Gasteiger partial charge in [-0.15, -0.1) is 0 Å². The van der Waals surface area contributed by atoms with Crippen LogP contribution in [0, 0.1) is 6.92 Å². The van der Waals surface area contributed by atoms with Gasteiger partial charge in [-0.2, -0.15) is 4.31 Å². The molecular formula is C15H16ClN3O3S. The van der Waals surface area contributed by atoms with Crippen LogP contribution in [0.5, 0.6) is 5.75 Å². The van der Waals surface area contributed by atoms with Gasteiger partial charge in [-0.25, -0.2) is 18.4 Å². The number of nitrogens with zero attached hydrogens (tertiary/aromatic N) is 3. The lowest BCUT2D eigenvalue weighted by molar-refractivity contribution is 0.386. The zero-order valence-corrected chi connectivity index (χ0v) is 14.4. The second-order valence-electron chi connectivity index (χ2n) is 5.27. The molecule has 0 fully saturated rings. The maximum Gasteiger partial charge on any atom is 0.243 e. The maximum absolute atomic E-state index is 12.8. The first-order valence-corrected chi connectivity index (χ1v) is 8.88. The number of halogens is 1. The fourth-order valence-electron chi connectivity index (χ4n) is 2.55. The molecule has 0 N–H and O–H groups in total. The summed E-state index contributed by atoms with van der Waals surface area (Å²) in [6.07, 6.45) is 2.27. The van der Waals surface area contributed by atoms with Crippen LogP contribution in [0.25, 0.3) is 0 Å². The first-order chi connectivity index (χ1) is 10.9. The quantitative estimate of drug-likeness (QED) is 0.845. The normalized spacial score (nSPS) is 15.3. The van der Waals surface area contributed by atoms with Gasteiger partial charge in [-0.05, 0) is 25.1 Å². The number of hydrogen-bond donors (Lipinski definition) is 0. The van der Waals surface area contributed by atoms with E-state index in [2.05, 4.69) is 9.97 Å². The molecule has 0 radical (unpaired) electrons. The summed E-state index contributed by atoms with van der Waals surface area (Å²) in [4.78, 5) is 8.67. The molecule has 0 saturated heterocycles. The Labute approximate surface area is 140 Å². The van der Waals surface area contributed by atoms with Crippen molar-refractivity contribution in [2.45, 2.75) is 24.8 Å². The molecule has 2 heterocycles. The van der Waals surface area contributed by atoms with E-state index in [1.807, 2.05) is 6.92 Å². The van der Waals surface area contributed by atoms with E-state index in [1.165, 1.54) is 23.5 Å². The van der Waals surface area contributed by atoms with Gasteiger partial charge in [-0.1, -0.05) is 11.6 Å². The fraction of sp³-hybridized carbons (Fsp3) is 0.333. The Morgan fingerprint density at radius 1 is 1.35 bits per heavy atom. The number of fused-ring (bicyclic) bond motifs is 1. The molecule has 0 atom stereocenters. The number of sulfonamides is 1. The number of aromatic nitrogens is 2. The largest absolute Gasteiger partial charge is 0.495 e. The van der Waals surface area contributed by atoms with Crippen LogP contribution < -0.4 is 4.74 Å². The first-order valence-electron chi connectivity index (χ1n) is 7.07. The van der Waals surface area contributed by atoms with Crippen LogP contribution in [-0.2, 0) is 23.0 Å². The van der Waals surface area contributed by atoms with Crippen LogP contribution in [-0.4, -0.2) is 36.3 Å². The van der Waals surface area contributed by atoms with Gasteiger partial charge >= 0.3 is 0 Å². The zero-order chi connectivity index (χ0) is 16.6. The van der Waals surface area contributed by atoms with Gasteiger partial charge in [0.05, 0.1) is 17.0 Å². The lowest BCUT2D eigenvalue weighted by atomic mass is 10.1. The third kappa shape index (κ3) is 3.04. The van der Waals surface area contributed by atoms with E-state index in [-0.39, 0.29) is 16.5 Å². The molecular weight excluding hydrogens is 338 g/mol. The van der Waals surface area contributed by atoms with Gasteiger partial charge in [0.15, 0.2) is 0 Å². The first kappa shape index (κ1) is 16.2. The molecule has 1 aliphatic rings. The molecule has 3 rings (SSSR count).